The van der Waals surface area contributed by atoms with Crippen molar-refractivity contribution in [3.8, 4) is 0 Å². The van der Waals surface area contributed by atoms with Gasteiger partial charge in [0.2, 0.25) is 0 Å². The molecule has 2 nitrogen and oxygen atoms in total. The molecule has 10 heavy (non-hydrogen) atoms. The van der Waals surface area contributed by atoms with Crippen molar-refractivity contribution < 1.29 is 0 Å². The van der Waals surface area contributed by atoms with Crippen LogP contribution in [0.25, 0.3) is 0 Å². The van der Waals surface area contributed by atoms with Gasteiger partial charge in [0.15, 0.2) is 0 Å². The van der Waals surface area contributed by atoms with Crippen LogP contribution in [0.15, 0.2) is 0 Å². The predicted molar refractivity (Wildman–Crippen MR) is 43.7 cm³/mol. The Bertz CT molecular complexity index is 75.3. The second kappa shape index (κ2) is 4.69. The van der Waals surface area contributed by atoms with Gasteiger partial charge in [0.05, 0.1) is 0 Å². The summed E-state index contributed by atoms with van der Waals surface area (Å²) < 4.78 is 0. The average Bonchev–Trinajstić information content (AvgIpc) is 1.87. The van der Waals surface area contributed by atoms with Gasteiger partial charge in [-0.05, 0) is 39.4 Å². The molecule has 1 aliphatic rings. The lowest BCUT2D eigenvalue weighted by Gasteiger charge is -2.23. The van der Waals surface area contributed by atoms with E-state index in [0.717, 1.165) is 13.2 Å². The maximum absolute atomic E-state index is 3.87. The third kappa shape index (κ3) is 2.67. The zero-order chi connectivity index (χ0) is 7.23. The molecule has 1 rings (SSSR count). The Balaban J connectivity index is 2.16. The number of hydrogen-bond acceptors (Lipinski definition) is 2. The third-order valence-electron chi connectivity index (χ3n) is 1.98. The van der Waals surface area contributed by atoms with Crippen molar-refractivity contribution in [2.45, 2.75) is 19.3 Å². The van der Waals surface area contributed by atoms with Gasteiger partial charge in [0.25, 0.3) is 0 Å². The molecule has 1 fully saturated rings. The summed E-state index contributed by atoms with van der Waals surface area (Å²) in [5, 5.41) is 3.37. The molecule has 1 saturated heterocycles. The van der Waals surface area contributed by atoms with E-state index in [4.69, 9.17) is 0 Å². The minimum atomic E-state index is 0.938. The topological polar surface area (TPSA) is 15.3 Å². The Labute approximate surface area is 63.6 Å². The first-order chi connectivity index (χ1) is 4.93. The lowest BCUT2D eigenvalue weighted by Crippen LogP contribution is -2.36. The Kier molecular flexibility index (Phi) is 3.76. The molecule has 0 aromatic heterocycles. The van der Waals surface area contributed by atoms with Crippen molar-refractivity contribution in [1.82, 2.24) is 10.2 Å². The molecular weight excluding hydrogens is 124 g/mol. The van der Waals surface area contributed by atoms with Crippen LogP contribution in [0.5, 0.6) is 0 Å². The van der Waals surface area contributed by atoms with Crippen LogP contribution in [0.4, 0.5) is 0 Å². The van der Waals surface area contributed by atoms with Crippen molar-refractivity contribution in [1.29, 1.82) is 0 Å². The minimum absolute atomic E-state index is 0.938. The van der Waals surface area contributed by atoms with Crippen molar-refractivity contribution >= 4 is 0 Å². The highest BCUT2D eigenvalue weighted by atomic mass is 15.2. The van der Waals surface area contributed by atoms with Crippen LogP contribution in [0.3, 0.4) is 0 Å². The van der Waals surface area contributed by atoms with E-state index >= 15 is 0 Å². The normalized spacial score (nSPS) is 23.7. The lowest BCUT2D eigenvalue weighted by atomic mass is 10.2. The molecule has 0 amide bonds. The first-order valence-corrected chi connectivity index (χ1v) is 4.16. The van der Waals surface area contributed by atoms with Crippen LogP contribution in [-0.2, 0) is 0 Å². The van der Waals surface area contributed by atoms with Crippen LogP contribution in [0.1, 0.15) is 19.3 Å². The zero-order valence-corrected chi connectivity index (χ0v) is 6.60. The summed E-state index contributed by atoms with van der Waals surface area (Å²) in [6.07, 6.45) is 4.05. The van der Waals surface area contributed by atoms with Gasteiger partial charge in [0.1, 0.15) is 0 Å². The molecule has 0 bridgehead atoms. The number of nitrogens with zero attached hydrogens (tertiary/aromatic N) is 1. The highest BCUT2D eigenvalue weighted by Gasteiger charge is 2.03. The summed E-state index contributed by atoms with van der Waals surface area (Å²) in [5.74, 6) is 0. The molecule has 0 unspecified atom stereocenters. The van der Waals surface area contributed by atoms with Crippen molar-refractivity contribution in [2.24, 2.45) is 0 Å². The highest BCUT2D eigenvalue weighted by Crippen LogP contribution is 2.00. The van der Waals surface area contributed by atoms with Crippen molar-refractivity contribution in [3.63, 3.8) is 0 Å². The van der Waals surface area contributed by atoms with Gasteiger partial charge in [-0.25, -0.2) is 0 Å². The van der Waals surface area contributed by atoms with E-state index in [-0.39, 0.29) is 0 Å². The van der Waals surface area contributed by atoms with Gasteiger partial charge in [-0.3, -0.25) is 4.90 Å². The fourth-order valence-electron chi connectivity index (χ4n) is 1.27. The fraction of sp³-hybridized carbons (Fsp3) is 0.875. The van der Waals surface area contributed by atoms with Crippen LogP contribution in [0.2, 0.25) is 0 Å². The minimum Gasteiger partial charge on any atom is -0.304 e. The van der Waals surface area contributed by atoms with Gasteiger partial charge in [-0.2, -0.15) is 0 Å². The lowest BCUT2D eigenvalue weighted by molar-refractivity contribution is 0.255. The molecule has 1 heterocycles. The standard InChI is InChI=1S/C8H17N2/c1-2-10-7-5-3-4-6-9-8-10/h9H,1-8H2. The van der Waals surface area contributed by atoms with Crippen molar-refractivity contribution in [2.75, 3.05) is 26.3 Å². The molecule has 0 saturated carbocycles. The fourth-order valence-corrected chi connectivity index (χ4v) is 1.27. The summed E-state index contributed by atoms with van der Waals surface area (Å²) in [4.78, 5) is 2.35. The summed E-state index contributed by atoms with van der Waals surface area (Å²) in [5.41, 5.74) is 0. The summed E-state index contributed by atoms with van der Waals surface area (Å²) in [6, 6.07) is 0. The van der Waals surface area contributed by atoms with E-state index in [1.54, 1.807) is 0 Å². The van der Waals surface area contributed by atoms with Gasteiger partial charge in [-0.1, -0.05) is 6.42 Å². The summed E-state index contributed by atoms with van der Waals surface area (Å²) >= 11 is 0. The van der Waals surface area contributed by atoms with Crippen LogP contribution in [-0.4, -0.2) is 31.2 Å². The van der Waals surface area contributed by atoms with E-state index in [9.17, 15) is 0 Å². The quantitative estimate of drug-likeness (QED) is 0.582. The van der Waals surface area contributed by atoms with E-state index in [1.807, 2.05) is 0 Å². The molecule has 0 aromatic rings. The molecule has 59 valence electrons. The van der Waals surface area contributed by atoms with E-state index in [2.05, 4.69) is 17.1 Å². The third-order valence-corrected chi connectivity index (χ3v) is 1.98. The van der Waals surface area contributed by atoms with Gasteiger partial charge in [-0.15, -0.1) is 0 Å². The second-order valence-corrected chi connectivity index (χ2v) is 2.84. The second-order valence-electron chi connectivity index (χ2n) is 2.84. The SMILES string of the molecule is [CH2]CN1CCCCCNC1. The van der Waals surface area contributed by atoms with E-state index in [1.165, 1.54) is 32.4 Å². The largest absolute Gasteiger partial charge is 0.304 e. The zero-order valence-electron chi connectivity index (χ0n) is 6.60. The highest BCUT2D eigenvalue weighted by molar-refractivity contribution is 4.61. The maximum Gasteiger partial charge on any atom is 0.0480 e. The molecule has 1 N–H and O–H groups in total. The van der Waals surface area contributed by atoms with E-state index < -0.39 is 0 Å². The Morgan fingerprint density at radius 2 is 2.20 bits per heavy atom. The first kappa shape index (κ1) is 8.02. The first-order valence-electron chi connectivity index (χ1n) is 4.16. The number of hydrogen-bond donors (Lipinski definition) is 1. The molecule has 0 spiro atoms. The molecule has 0 atom stereocenters. The van der Waals surface area contributed by atoms with Gasteiger partial charge in [0, 0.05) is 6.67 Å². The molecular formula is C8H17N2. The molecule has 1 aliphatic heterocycles. The van der Waals surface area contributed by atoms with Gasteiger partial charge >= 0.3 is 0 Å². The summed E-state index contributed by atoms with van der Waals surface area (Å²) in [6.45, 7) is 8.23. The van der Waals surface area contributed by atoms with Crippen molar-refractivity contribution in [3.05, 3.63) is 6.92 Å². The molecule has 0 aromatic carbocycles. The monoisotopic (exact) mass is 141 g/mol. The molecule has 1 radical (unpaired) electrons. The van der Waals surface area contributed by atoms with Gasteiger partial charge < -0.3 is 5.32 Å². The molecule has 2 heteroatoms. The number of rotatable bonds is 1. The smallest absolute Gasteiger partial charge is 0.0480 e. The van der Waals surface area contributed by atoms with E-state index in [0.29, 0.717) is 0 Å². The summed E-state index contributed by atoms with van der Waals surface area (Å²) in [7, 11) is 0. The average molecular weight is 141 g/mol. The van der Waals surface area contributed by atoms with Crippen LogP contribution >= 0.6 is 0 Å². The number of nitrogens with one attached hydrogen (secondary N) is 1. The maximum atomic E-state index is 3.87. The van der Waals surface area contributed by atoms with Crippen LogP contribution < -0.4 is 5.32 Å². The predicted octanol–water partition coefficient (Wildman–Crippen LogP) is 0.853. The Morgan fingerprint density at radius 1 is 1.30 bits per heavy atom. The molecule has 0 aliphatic carbocycles. The Morgan fingerprint density at radius 3 is 3.00 bits per heavy atom. The van der Waals surface area contributed by atoms with Crippen LogP contribution in [0, 0.1) is 6.92 Å². The Hall–Kier alpha value is -0.0800.